The lowest BCUT2D eigenvalue weighted by atomic mass is 10.1. The lowest BCUT2D eigenvalue weighted by Gasteiger charge is -2.24. The summed E-state index contributed by atoms with van der Waals surface area (Å²) in [5, 5.41) is 5.22. The van der Waals surface area contributed by atoms with Crippen molar-refractivity contribution in [2.75, 3.05) is 18.0 Å². The molecule has 6 nitrogen and oxygen atoms in total. The number of esters is 1. The van der Waals surface area contributed by atoms with Gasteiger partial charge in [-0.1, -0.05) is 18.2 Å². The number of para-hydroxylation sites is 1. The van der Waals surface area contributed by atoms with Crippen molar-refractivity contribution < 1.29 is 9.53 Å². The van der Waals surface area contributed by atoms with E-state index in [9.17, 15) is 4.79 Å². The van der Waals surface area contributed by atoms with E-state index >= 15 is 0 Å². The first-order chi connectivity index (χ1) is 13.5. The van der Waals surface area contributed by atoms with Crippen molar-refractivity contribution in [3.05, 3.63) is 53.3 Å². The van der Waals surface area contributed by atoms with E-state index in [1.54, 1.807) is 6.20 Å². The molecule has 2 aromatic heterocycles. The van der Waals surface area contributed by atoms with E-state index in [0.29, 0.717) is 11.3 Å². The van der Waals surface area contributed by atoms with Crippen LogP contribution in [-0.4, -0.2) is 33.8 Å². The number of aryl methyl sites for hydroxylation is 1. The van der Waals surface area contributed by atoms with Gasteiger partial charge in [0.25, 0.3) is 0 Å². The molecule has 0 saturated carbocycles. The molecule has 3 aromatic rings. The van der Waals surface area contributed by atoms with Gasteiger partial charge in [0, 0.05) is 35.8 Å². The number of hydrogen-bond acceptors (Lipinski definition) is 5. The van der Waals surface area contributed by atoms with Gasteiger partial charge in [0.15, 0.2) is 5.65 Å². The Morgan fingerprint density at radius 3 is 2.61 bits per heavy atom. The quantitative estimate of drug-likeness (QED) is 0.564. The van der Waals surface area contributed by atoms with Crippen LogP contribution in [0.4, 0.5) is 5.69 Å². The van der Waals surface area contributed by atoms with Crippen LogP contribution in [0.3, 0.4) is 0 Å². The van der Waals surface area contributed by atoms with Crippen LogP contribution in [0.2, 0.25) is 0 Å². The summed E-state index contributed by atoms with van der Waals surface area (Å²) in [6.07, 6.45) is 1.74. The highest BCUT2D eigenvalue weighted by molar-refractivity contribution is 5.94. The summed E-state index contributed by atoms with van der Waals surface area (Å²) in [6.45, 7) is 12.2. The zero-order valence-corrected chi connectivity index (χ0v) is 17.3. The molecule has 0 fully saturated rings. The first-order valence-corrected chi connectivity index (χ1v) is 9.81. The largest absolute Gasteiger partial charge is 0.457 e. The molecule has 0 aliphatic heterocycles. The van der Waals surface area contributed by atoms with Crippen LogP contribution in [0.5, 0.6) is 0 Å². The molecule has 0 bridgehead atoms. The molecule has 0 N–H and O–H groups in total. The van der Waals surface area contributed by atoms with Crippen molar-refractivity contribution in [3.63, 3.8) is 0 Å². The average molecular weight is 380 g/mol. The molecule has 0 radical (unpaired) electrons. The molecule has 148 valence electrons. The molecule has 28 heavy (non-hydrogen) atoms. The fraction of sp³-hybridized carbons (Fsp3) is 0.409. The third kappa shape index (κ3) is 3.86. The molecule has 0 amide bonds. The minimum Gasteiger partial charge on any atom is -0.457 e. The number of benzene rings is 1. The highest BCUT2D eigenvalue weighted by atomic mass is 16.5. The monoisotopic (exact) mass is 380 g/mol. The summed E-state index contributed by atoms with van der Waals surface area (Å²) in [4.78, 5) is 19.6. The molecule has 0 unspecified atom stereocenters. The van der Waals surface area contributed by atoms with Crippen molar-refractivity contribution in [3.8, 4) is 0 Å². The first kappa shape index (κ1) is 19.9. The fourth-order valence-electron chi connectivity index (χ4n) is 3.38. The Balaban J connectivity index is 1.82. The van der Waals surface area contributed by atoms with Gasteiger partial charge >= 0.3 is 5.97 Å². The second-order valence-corrected chi connectivity index (χ2v) is 7.09. The number of carbonyl (C=O) groups is 1. The second-order valence-electron chi connectivity index (χ2n) is 7.09. The molecule has 3 rings (SSSR count). The Hall–Kier alpha value is -2.89. The Morgan fingerprint density at radius 2 is 1.93 bits per heavy atom. The lowest BCUT2D eigenvalue weighted by Crippen LogP contribution is -2.23. The van der Waals surface area contributed by atoms with Gasteiger partial charge in [-0.15, -0.1) is 0 Å². The minimum absolute atomic E-state index is 0.207. The molecular weight excluding hydrogens is 352 g/mol. The van der Waals surface area contributed by atoms with Crippen LogP contribution in [-0.2, 0) is 11.3 Å². The van der Waals surface area contributed by atoms with Gasteiger partial charge in [0.1, 0.15) is 6.61 Å². The Kier molecular flexibility index (Phi) is 5.97. The normalized spacial score (nSPS) is 11.2. The predicted molar refractivity (Wildman–Crippen MR) is 112 cm³/mol. The van der Waals surface area contributed by atoms with E-state index in [2.05, 4.69) is 48.7 Å². The highest BCUT2D eigenvalue weighted by Crippen LogP contribution is 2.23. The zero-order chi connectivity index (χ0) is 20.3. The molecule has 0 atom stereocenters. The Labute approximate surface area is 166 Å². The maximum atomic E-state index is 12.7. The van der Waals surface area contributed by atoms with Gasteiger partial charge in [0.05, 0.1) is 17.5 Å². The average Bonchev–Trinajstić information content (AvgIpc) is 3.10. The number of fused-ring (bicyclic) bond motifs is 1. The molecule has 0 spiro atoms. The number of pyridine rings is 1. The molecule has 1 aromatic carbocycles. The van der Waals surface area contributed by atoms with Gasteiger partial charge < -0.3 is 9.64 Å². The molecular formula is C22H28N4O2. The van der Waals surface area contributed by atoms with E-state index < -0.39 is 0 Å². The number of aromatic nitrogens is 3. The van der Waals surface area contributed by atoms with E-state index in [-0.39, 0.29) is 18.6 Å². The zero-order valence-electron chi connectivity index (χ0n) is 17.3. The van der Waals surface area contributed by atoms with E-state index in [0.717, 1.165) is 35.4 Å². The number of hydrogen-bond donors (Lipinski definition) is 0. The van der Waals surface area contributed by atoms with Crippen LogP contribution in [0.25, 0.3) is 11.0 Å². The Bertz CT molecular complexity index is 974. The number of rotatable bonds is 7. The van der Waals surface area contributed by atoms with E-state index in [1.807, 2.05) is 35.9 Å². The third-order valence-corrected chi connectivity index (χ3v) is 4.92. The van der Waals surface area contributed by atoms with Gasteiger partial charge in [-0.3, -0.25) is 0 Å². The van der Waals surface area contributed by atoms with E-state index in [4.69, 9.17) is 4.74 Å². The maximum absolute atomic E-state index is 12.7. The molecule has 2 heterocycles. The standard InChI is InChI=1S/C22H28N4O2/c1-6-25(7-2)20-11-9-8-10-17(20)14-28-22(27)19-12-18-13-23-26(15(3)4)21(18)24-16(19)5/h8-13,15H,6-7,14H2,1-5H3. The minimum atomic E-state index is -0.362. The summed E-state index contributed by atoms with van der Waals surface area (Å²) < 4.78 is 7.50. The summed E-state index contributed by atoms with van der Waals surface area (Å²) in [5.74, 6) is -0.362. The number of nitrogens with zero attached hydrogens (tertiary/aromatic N) is 4. The van der Waals surface area contributed by atoms with Gasteiger partial charge in [0.2, 0.25) is 0 Å². The van der Waals surface area contributed by atoms with Crippen molar-refractivity contribution in [1.29, 1.82) is 0 Å². The van der Waals surface area contributed by atoms with Crippen molar-refractivity contribution in [2.24, 2.45) is 0 Å². The van der Waals surface area contributed by atoms with Crippen LogP contribution < -0.4 is 4.90 Å². The predicted octanol–water partition coefficient (Wildman–Crippen LogP) is 4.52. The van der Waals surface area contributed by atoms with Crippen molar-refractivity contribution >= 4 is 22.7 Å². The van der Waals surface area contributed by atoms with Gasteiger partial charge in [-0.05, 0) is 46.8 Å². The summed E-state index contributed by atoms with van der Waals surface area (Å²) in [5.41, 5.74) is 4.02. The topological polar surface area (TPSA) is 60.2 Å². The highest BCUT2D eigenvalue weighted by Gasteiger charge is 2.17. The smallest absolute Gasteiger partial charge is 0.340 e. The van der Waals surface area contributed by atoms with Crippen LogP contribution >= 0.6 is 0 Å². The summed E-state index contributed by atoms with van der Waals surface area (Å²) >= 11 is 0. The van der Waals surface area contributed by atoms with Crippen molar-refractivity contribution in [1.82, 2.24) is 14.8 Å². The van der Waals surface area contributed by atoms with Crippen LogP contribution in [0, 0.1) is 6.92 Å². The van der Waals surface area contributed by atoms with Crippen molar-refractivity contribution in [2.45, 2.75) is 47.3 Å². The number of anilines is 1. The lowest BCUT2D eigenvalue weighted by molar-refractivity contribution is 0.0472. The Morgan fingerprint density at radius 1 is 1.21 bits per heavy atom. The molecule has 0 saturated heterocycles. The molecule has 6 heteroatoms. The number of ether oxygens (including phenoxy) is 1. The molecule has 0 aliphatic carbocycles. The molecule has 0 aliphatic rings. The van der Waals surface area contributed by atoms with Crippen LogP contribution in [0.1, 0.15) is 55.4 Å². The summed E-state index contributed by atoms with van der Waals surface area (Å²) in [6, 6.07) is 10.1. The first-order valence-electron chi connectivity index (χ1n) is 9.81. The van der Waals surface area contributed by atoms with Crippen LogP contribution in [0.15, 0.2) is 36.5 Å². The van der Waals surface area contributed by atoms with Gasteiger partial charge in [-0.25, -0.2) is 14.5 Å². The maximum Gasteiger partial charge on any atom is 0.340 e. The number of carbonyl (C=O) groups excluding carboxylic acids is 1. The van der Waals surface area contributed by atoms with Gasteiger partial charge in [-0.2, -0.15) is 5.10 Å². The second kappa shape index (κ2) is 8.42. The SMILES string of the molecule is CCN(CC)c1ccccc1COC(=O)c1cc2cnn(C(C)C)c2nc1C. The fourth-order valence-corrected chi connectivity index (χ4v) is 3.38. The summed E-state index contributed by atoms with van der Waals surface area (Å²) in [7, 11) is 0. The van der Waals surface area contributed by atoms with E-state index in [1.165, 1.54) is 0 Å². The third-order valence-electron chi connectivity index (χ3n) is 4.92.